The van der Waals surface area contributed by atoms with Crippen LogP contribution in [-0.2, 0) is 4.79 Å². The normalized spacial score (nSPS) is 11.5. The van der Waals surface area contributed by atoms with Crippen LogP contribution in [0.5, 0.6) is 0 Å². The maximum atomic E-state index is 11.1. The van der Waals surface area contributed by atoms with E-state index in [1.54, 1.807) is 6.92 Å². The number of carboxylic acids is 1. The van der Waals surface area contributed by atoms with Gasteiger partial charge in [0.1, 0.15) is 17.7 Å². The van der Waals surface area contributed by atoms with Gasteiger partial charge in [0, 0.05) is 12.5 Å². The smallest absolute Gasteiger partial charge is 0.327 e. The fourth-order valence-corrected chi connectivity index (χ4v) is 1.15. The lowest BCUT2D eigenvalue weighted by molar-refractivity contribution is -0.137. The van der Waals surface area contributed by atoms with Gasteiger partial charge in [-0.1, -0.05) is 0 Å². The predicted octanol–water partition coefficient (Wildman–Crippen LogP) is -0.0333. The van der Waals surface area contributed by atoms with Gasteiger partial charge in [-0.3, -0.25) is 4.79 Å². The second kappa shape index (κ2) is 4.98. The Bertz CT molecular complexity index is 487. The fourth-order valence-electron chi connectivity index (χ4n) is 1.15. The summed E-state index contributed by atoms with van der Waals surface area (Å²) in [7, 11) is 0. The summed E-state index contributed by atoms with van der Waals surface area (Å²) in [6.45, 7) is 1.60. The number of aromatic nitrogens is 2. The molecule has 0 aromatic carbocycles. The van der Waals surface area contributed by atoms with Crippen molar-refractivity contribution in [3.63, 3.8) is 0 Å². The van der Waals surface area contributed by atoms with Crippen molar-refractivity contribution in [3.8, 4) is 12.3 Å². The number of H-pyrrole nitrogens is 1. The molecule has 16 heavy (non-hydrogen) atoms. The summed E-state index contributed by atoms with van der Waals surface area (Å²) in [5.41, 5.74) is -0.347. The molecule has 0 radical (unpaired) electrons. The van der Waals surface area contributed by atoms with Crippen molar-refractivity contribution in [2.45, 2.75) is 19.4 Å². The third-order valence-electron chi connectivity index (χ3n) is 1.80. The van der Waals surface area contributed by atoms with Crippen molar-refractivity contribution >= 4 is 11.8 Å². The van der Waals surface area contributed by atoms with Crippen molar-refractivity contribution in [2.75, 3.05) is 5.32 Å². The van der Waals surface area contributed by atoms with E-state index in [0.29, 0.717) is 5.82 Å². The topological polar surface area (TPSA) is 95.1 Å². The third kappa shape index (κ3) is 3.13. The van der Waals surface area contributed by atoms with Crippen LogP contribution in [0.2, 0.25) is 0 Å². The summed E-state index contributed by atoms with van der Waals surface area (Å²) in [6.07, 6.45) is 5.06. The molecule has 6 heteroatoms. The van der Waals surface area contributed by atoms with Crippen LogP contribution in [0.4, 0.5) is 5.82 Å². The van der Waals surface area contributed by atoms with E-state index >= 15 is 0 Å². The number of terminal acetylenes is 1. The molecule has 1 rings (SSSR count). The maximum absolute atomic E-state index is 11.1. The highest BCUT2D eigenvalue weighted by atomic mass is 16.4. The van der Waals surface area contributed by atoms with Crippen LogP contribution in [0.1, 0.15) is 12.2 Å². The molecule has 3 N–H and O–H groups in total. The van der Waals surface area contributed by atoms with E-state index in [9.17, 15) is 9.59 Å². The van der Waals surface area contributed by atoms with Gasteiger partial charge in [-0.25, -0.2) is 9.78 Å². The molecule has 0 spiro atoms. The quantitative estimate of drug-likeness (QED) is 0.620. The monoisotopic (exact) mass is 221 g/mol. The SMILES string of the molecule is C#CCC(Nc1cc(=O)[nH]c(C)n1)C(=O)O. The molecule has 1 aromatic heterocycles. The zero-order chi connectivity index (χ0) is 12.1. The molecule has 1 aromatic rings. The second-order valence-corrected chi connectivity index (χ2v) is 3.16. The van der Waals surface area contributed by atoms with E-state index in [1.165, 1.54) is 6.07 Å². The van der Waals surface area contributed by atoms with Crippen LogP contribution in [0.15, 0.2) is 10.9 Å². The first-order valence-electron chi connectivity index (χ1n) is 4.53. The van der Waals surface area contributed by atoms with Gasteiger partial charge < -0.3 is 15.4 Å². The van der Waals surface area contributed by atoms with Crippen molar-refractivity contribution in [3.05, 3.63) is 22.2 Å². The highest BCUT2D eigenvalue weighted by Crippen LogP contribution is 2.03. The lowest BCUT2D eigenvalue weighted by Crippen LogP contribution is -2.30. The van der Waals surface area contributed by atoms with Crippen LogP contribution in [0.25, 0.3) is 0 Å². The number of nitrogens with zero attached hydrogens (tertiary/aromatic N) is 1. The van der Waals surface area contributed by atoms with Gasteiger partial charge in [0.2, 0.25) is 0 Å². The Balaban J connectivity index is 2.90. The number of aliphatic carboxylic acids is 1. The first-order chi connectivity index (χ1) is 7.52. The Labute approximate surface area is 91.7 Å². The lowest BCUT2D eigenvalue weighted by Gasteiger charge is -2.12. The summed E-state index contributed by atoms with van der Waals surface area (Å²) in [6, 6.07) is 0.234. The molecule has 1 atom stereocenters. The first-order valence-corrected chi connectivity index (χ1v) is 4.53. The number of rotatable bonds is 4. The van der Waals surface area contributed by atoms with Gasteiger partial charge in [0.05, 0.1) is 0 Å². The van der Waals surface area contributed by atoms with Crippen LogP contribution in [0.3, 0.4) is 0 Å². The number of carboxylic acid groups (broad SMARTS) is 1. The van der Waals surface area contributed by atoms with E-state index in [1.807, 2.05) is 0 Å². The van der Waals surface area contributed by atoms with Crippen LogP contribution >= 0.6 is 0 Å². The predicted molar refractivity (Wildman–Crippen MR) is 58.1 cm³/mol. The average molecular weight is 221 g/mol. The molecule has 0 saturated carbocycles. The van der Waals surface area contributed by atoms with Gasteiger partial charge in [-0.05, 0) is 6.92 Å². The van der Waals surface area contributed by atoms with Crippen LogP contribution in [-0.4, -0.2) is 27.1 Å². The van der Waals surface area contributed by atoms with Crippen molar-refractivity contribution in [2.24, 2.45) is 0 Å². The number of aromatic amines is 1. The summed E-state index contributed by atoms with van der Waals surface area (Å²) in [4.78, 5) is 28.3. The highest BCUT2D eigenvalue weighted by Gasteiger charge is 2.16. The van der Waals surface area contributed by atoms with Crippen molar-refractivity contribution in [1.82, 2.24) is 9.97 Å². The summed E-state index contributed by atoms with van der Waals surface area (Å²) in [5.74, 6) is 1.76. The highest BCUT2D eigenvalue weighted by molar-refractivity contribution is 5.77. The molecular weight excluding hydrogens is 210 g/mol. The standard InChI is InChI=1S/C10H11N3O3/c1-3-4-7(10(15)16)13-8-5-9(14)12-6(2)11-8/h1,5,7H,4H2,2H3,(H,15,16)(H2,11,12,13,14). The molecule has 0 aliphatic heterocycles. The van der Waals surface area contributed by atoms with Gasteiger partial charge in [0.15, 0.2) is 0 Å². The van der Waals surface area contributed by atoms with Gasteiger partial charge in [-0.2, -0.15) is 0 Å². The molecule has 0 saturated heterocycles. The summed E-state index contributed by atoms with van der Waals surface area (Å²) in [5, 5.41) is 11.4. The zero-order valence-corrected chi connectivity index (χ0v) is 8.65. The molecule has 0 fully saturated rings. The van der Waals surface area contributed by atoms with Gasteiger partial charge in [0.25, 0.3) is 5.56 Å². The number of hydrogen-bond donors (Lipinski definition) is 3. The number of carbonyl (C=O) groups is 1. The third-order valence-corrected chi connectivity index (χ3v) is 1.80. The average Bonchev–Trinajstić information content (AvgIpc) is 2.15. The minimum Gasteiger partial charge on any atom is -0.480 e. The van der Waals surface area contributed by atoms with Gasteiger partial charge in [-0.15, -0.1) is 12.3 Å². The number of aryl methyl sites for hydroxylation is 1. The van der Waals surface area contributed by atoms with Crippen molar-refractivity contribution < 1.29 is 9.90 Å². The fraction of sp³-hybridized carbons (Fsp3) is 0.300. The van der Waals surface area contributed by atoms with Gasteiger partial charge >= 0.3 is 5.97 Å². The first kappa shape index (κ1) is 11.8. The Morgan fingerprint density at radius 3 is 3.00 bits per heavy atom. The minimum atomic E-state index is -1.09. The number of hydrogen-bond acceptors (Lipinski definition) is 4. The van der Waals surface area contributed by atoms with Crippen molar-refractivity contribution in [1.29, 1.82) is 0 Å². The second-order valence-electron chi connectivity index (χ2n) is 3.16. The Kier molecular flexibility index (Phi) is 3.67. The molecule has 84 valence electrons. The number of anilines is 1. The lowest BCUT2D eigenvalue weighted by atomic mass is 10.2. The molecule has 0 amide bonds. The van der Waals surface area contributed by atoms with E-state index in [4.69, 9.17) is 11.5 Å². The molecule has 0 bridgehead atoms. The Morgan fingerprint density at radius 1 is 1.81 bits per heavy atom. The van der Waals surface area contributed by atoms with E-state index in [2.05, 4.69) is 21.2 Å². The molecule has 0 aliphatic rings. The van der Waals surface area contributed by atoms with Crippen LogP contribution < -0.4 is 10.9 Å². The molecular formula is C10H11N3O3. The van der Waals surface area contributed by atoms with E-state index in [-0.39, 0.29) is 17.8 Å². The summed E-state index contributed by atoms with van der Waals surface area (Å²) < 4.78 is 0. The Hall–Kier alpha value is -2.29. The van der Waals surface area contributed by atoms with E-state index in [0.717, 1.165) is 0 Å². The summed E-state index contributed by atoms with van der Waals surface area (Å²) >= 11 is 0. The van der Waals surface area contributed by atoms with E-state index < -0.39 is 12.0 Å². The number of nitrogens with one attached hydrogen (secondary N) is 2. The minimum absolute atomic E-state index is 0.0167. The largest absolute Gasteiger partial charge is 0.480 e. The Morgan fingerprint density at radius 2 is 2.50 bits per heavy atom. The molecule has 1 heterocycles. The molecule has 6 nitrogen and oxygen atoms in total. The maximum Gasteiger partial charge on any atom is 0.327 e. The van der Waals surface area contributed by atoms with Crippen LogP contribution in [0, 0.1) is 19.3 Å². The zero-order valence-electron chi connectivity index (χ0n) is 8.65. The molecule has 1 unspecified atom stereocenters. The molecule has 0 aliphatic carbocycles.